The van der Waals surface area contributed by atoms with E-state index in [-0.39, 0.29) is 12.4 Å². The maximum atomic E-state index is 13.5. The minimum absolute atomic E-state index is 0.204. The van der Waals surface area contributed by atoms with Crippen molar-refractivity contribution in [2.45, 2.75) is 11.8 Å². The molecule has 2 aromatic carbocycles. The Kier molecular flexibility index (Phi) is 5.83. The third kappa shape index (κ3) is 4.67. The van der Waals surface area contributed by atoms with E-state index in [0.29, 0.717) is 16.3 Å². The predicted molar refractivity (Wildman–Crippen MR) is 99.7 cm³/mol. The summed E-state index contributed by atoms with van der Waals surface area (Å²) in [6, 6.07) is 14.5. The van der Waals surface area contributed by atoms with Gasteiger partial charge in [0.1, 0.15) is 17.4 Å². The molecule has 0 N–H and O–H groups in total. The van der Waals surface area contributed by atoms with Crippen LogP contribution in [0, 0.1) is 12.7 Å². The number of aromatic nitrogens is 1. The standard InChI is InChI=1S/C19H16FNO2S2/c1-13-6-8-14(9-7-13)18-21-16(12-25-18)19(22)23-10-11-24-17-5-3-2-4-15(17)20/h2-9,12H,10-11H2,1H3. The van der Waals surface area contributed by atoms with Gasteiger partial charge in [-0.25, -0.2) is 14.2 Å². The Balaban J connectivity index is 1.52. The molecule has 0 atom stereocenters. The molecular formula is C19H16FNO2S2. The summed E-state index contributed by atoms with van der Waals surface area (Å²) < 4.78 is 18.7. The van der Waals surface area contributed by atoms with E-state index in [0.717, 1.165) is 10.6 Å². The summed E-state index contributed by atoms with van der Waals surface area (Å²) in [6.07, 6.45) is 0. The van der Waals surface area contributed by atoms with Crippen molar-refractivity contribution in [2.24, 2.45) is 0 Å². The first-order chi connectivity index (χ1) is 12.1. The number of hydrogen-bond acceptors (Lipinski definition) is 5. The topological polar surface area (TPSA) is 39.2 Å². The summed E-state index contributed by atoms with van der Waals surface area (Å²) in [7, 11) is 0. The number of benzene rings is 2. The Morgan fingerprint density at radius 3 is 2.72 bits per heavy atom. The highest BCUT2D eigenvalue weighted by atomic mass is 32.2. The quantitative estimate of drug-likeness (QED) is 0.338. The molecule has 0 saturated carbocycles. The summed E-state index contributed by atoms with van der Waals surface area (Å²) >= 11 is 2.73. The monoisotopic (exact) mass is 373 g/mol. The number of halogens is 1. The predicted octanol–water partition coefficient (Wildman–Crippen LogP) is 5.21. The zero-order valence-electron chi connectivity index (χ0n) is 13.6. The first-order valence-electron chi connectivity index (χ1n) is 7.70. The van der Waals surface area contributed by atoms with Gasteiger partial charge in [0.2, 0.25) is 0 Å². The van der Waals surface area contributed by atoms with Crippen LogP contribution in [-0.4, -0.2) is 23.3 Å². The van der Waals surface area contributed by atoms with Gasteiger partial charge in [-0.3, -0.25) is 0 Å². The Labute approximate surface area is 153 Å². The molecule has 0 amide bonds. The second kappa shape index (κ2) is 8.27. The number of thioether (sulfide) groups is 1. The maximum absolute atomic E-state index is 13.5. The number of carbonyl (C=O) groups excluding carboxylic acids is 1. The largest absolute Gasteiger partial charge is 0.460 e. The van der Waals surface area contributed by atoms with E-state index in [2.05, 4.69) is 4.98 Å². The number of carbonyl (C=O) groups is 1. The molecule has 6 heteroatoms. The van der Waals surface area contributed by atoms with Crippen LogP contribution in [0.3, 0.4) is 0 Å². The molecule has 0 bridgehead atoms. The average molecular weight is 373 g/mol. The second-order valence-electron chi connectivity index (χ2n) is 5.32. The van der Waals surface area contributed by atoms with E-state index >= 15 is 0 Å². The van der Waals surface area contributed by atoms with Gasteiger partial charge in [-0.2, -0.15) is 0 Å². The van der Waals surface area contributed by atoms with Crippen molar-refractivity contribution in [3.63, 3.8) is 0 Å². The van der Waals surface area contributed by atoms with Gasteiger partial charge in [0, 0.05) is 21.6 Å². The fourth-order valence-corrected chi connectivity index (χ4v) is 3.68. The lowest BCUT2D eigenvalue weighted by atomic mass is 10.2. The fraction of sp³-hybridized carbons (Fsp3) is 0.158. The van der Waals surface area contributed by atoms with Crippen molar-refractivity contribution < 1.29 is 13.9 Å². The molecule has 3 aromatic rings. The number of hydrogen-bond donors (Lipinski definition) is 0. The van der Waals surface area contributed by atoms with Crippen molar-refractivity contribution in [3.8, 4) is 10.6 Å². The van der Waals surface area contributed by atoms with Crippen molar-refractivity contribution in [1.82, 2.24) is 4.98 Å². The van der Waals surface area contributed by atoms with E-state index in [1.807, 2.05) is 31.2 Å². The van der Waals surface area contributed by atoms with Gasteiger partial charge in [-0.15, -0.1) is 23.1 Å². The molecule has 128 valence electrons. The molecule has 1 aromatic heterocycles. The highest BCUT2D eigenvalue weighted by molar-refractivity contribution is 7.99. The number of rotatable bonds is 6. The minimum Gasteiger partial charge on any atom is -0.460 e. The summed E-state index contributed by atoms with van der Waals surface area (Å²) in [5, 5.41) is 2.48. The fourth-order valence-electron chi connectivity index (χ4n) is 2.12. The lowest BCUT2D eigenvalue weighted by molar-refractivity contribution is 0.0524. The van der Waals surface area contributed by atoms with Crippen molar-refractivity contribution in [2.75, 3.05) is 12.4 Å². The Morgan fingerprint density at radius 2 is 1.96 bits per heavy atom. The van der Waals surface area contributed by atoms with Crippen LogP contribution < -0.4 is 0 Å². The molecule has 0 fully saturated rings. The first-order valence-corrected chi connectivity index (χ1v) is 9.57. The van der Waals surface area contributed by atoms with Crippen LogP contribution in [0.5, 0.6) is 0 Å². The molecule has 0 aliphatic heterocycles. The number of ether oxygens (including phenoxy) is 1. The van der Waals surface area contributed by atoms with Gasteiger partial charge in [0.05, 0.1) is 0 Å². The van der Waals surface area contributed by atoms with E-state index < -0.39 is 5.97 Å². The smallest absolute Gasteiger partial charge is 0.357 e. The summed E-state index contributed by atoms with van der Waals surface area (Å²) in [5.41, 5.74) is 2.45. The zero-order valence-corrected chi connectivity index (χ0v) is 15.2. The van der Waals surface area contributed by atoms with E-state index in [9.17, 15) is 9.18 Å². The molecule has 3 nitrogen and oxygen atoms in total. The van der Waals surface area contributed by atoms with Crippen LogP contribution in [0.2, 0.25) is 0 Å². The van der Waals surface area contributed by atoms with Gasteiger partial charge in [-0.1, -0.05) is 42.0 Å². The molecule has 0 radical (unpaired) electrons. The average Bonchev–Trinajstić information content (AvgIpc) is 3.11. The molecule has 0 aliphatic carbocycles. The van der Waals surface area contributed by atoms with Crippen LogP contribution in [0.1, 0.15) is 16.1 Å². The summed E-state index contributed by atoms with van der Waals surface area (Å²) in [6.45, 7) is 2.23. The van der Waals surface area contributed by atoms with E-state index in [4.69, 9.17) is 4.74 Å². The molecule has 0 unspecified atom stereocenters. The first kappa shape index (κ1) is 17.6. The highest BCUT2D eigenvalue weighted by Crippen LogP contribution is 2.24. The van der Waals surface area contributed by atoms with Crippen LogP contribution in [0.25, 0.3) is 10.6 Å². The van der Waals surface area contributed by atoms with Crippen molar-refractivity contribution in [3.05, 3.63) is 71.0 Å². The highest BCUT2D eigenvalue weighted by Gasteiger charge is 2.13. The Morgan fingerprint density at radius 1 is 1.20 bits per heavy atom. The van der Waals surface area contributed by atoms with Gasteiger partial charge < -0.3 is 4.74 Å². The number of nitrogens with zero attached hydrogens (tertiary/aromatic N) is 1. The van der Waals surface area contributed by atoms with Crippen LogP contribution in [0.15, 0.2) is 58.8 Å². The lowest BCUT2D eigenvalue weighted by Crippen LogP contribution is -2.08. The Hall–Kier alpha value is -2.18. The van der Waals surface area contributed by atoms with Crippen LogP contribution in [-0.2, 0) is 4.74 Å². The summed E-state index contributed by atoms with van der Waals surface area (Å²) in [4.78, 5) is 16.9. The minimum atomic E-state index is -0.455. The van der Waals surface area contributed by atoms with Gasteiger partial charge in [-0.05, 0) is 19.1 Å². The lowest BCUT2D eigenvalue weighted by Gasteiger charge is -2.04. The third-order valence-corrected chi connectivity index (χ3v) is 5.33. The Bertz CT molecular complexity index is 862. The van der Waals surface area contributed by atoms with Crippen molar-refractivity contribution in [1.29, 1.82) is 0 Å². The van der Waals surface area contributed by atoms with Crippen LogP contribution in [0.4, 0.5) is 4.39 Å². The van der Waals surface area contributed by atoms with E-state index in [1.54, 1.807) is 23.6 Å². The van der Waals surface area contributed by atoms with Crippen LogP contribution >= 0.6 is 23.1 Å². The normalized spacial score (nSPS) is 10.6. The number of esters is 1. The molecule has 0 spiro atoms. The molecule has 25 heavy (non-hydrogen) atoms. The molecule has 0 aliphatic rings. The van der Waals surface area contributed by atoms with Crippen molar-refractivity contribution >= 4 is 29.1 Å². The maximum Gasteiger partial charge on any atom is 0.357 e. The molecule has 0 saturated heterocycles. The zero-order chi connectivity index (χ0) is 17.6. The molecular weight excluding hydrogens is 357 g/mol. The summed E-state index contributed by atoms with van der Waals surface area (Å²) in [5.74, 6) is -0.230. The van der Waals surface area contributed by atoms with Gasteiger partial charge in [0.25, 0.3) is 0 Å². The second-order valence-corrected chi connectivity index (χ2v) is 7.31. The number of thiazole rings is 1. The van der Waals surface area contributed by atoms with E-state index in [1.165, 1.54) is 34.7 Å². The SMILES string of the molecule is Cc1ccc(-c2nc(C(=O)OCCSc3ccccc3F)cs2)cc1. The van der Waals surface area contributed by atoms with Gasteiger partial charge >= 0.3 is 5.97 Å². The molecule has 3 rings (SSSR count). The number of aryl methyl sites for hydroxylation is 1. The van der Waals surface area contributed by atoms with Gasteiger partial charge in [0.15, 0.2) is 5.69 Å². The third-order valence-electron chi connectivity index (χ3n) is 3.42. The molecule has 1 heterocycles.